The summed E-state index contributed by atoms with van der Waals surface area (Å²) < 4.78 is 5.84. The number of likely N-dealkylation sites (N-methyl/N-ethyl adjacent to an activating group) is 1. The van der Waals surface area contributed by atoms with Crippen LogP contribution in [0.3, 0.4) is 0 Å². The lowest BCUT2D eigenvalue weighted by Gasteiger charge is -2.21. The monoisotopic (exact) mass is 287 g/mol. The lowest BCUT2D eigenvalue weighted by Crippen LogP contribution is -2.34. The predicted octanol–water partition coefficient (Wildman–Crippen LogP) is 1.46. The maximum Gasteiger partial charge on any atom is 0.164 e. The van der Waals surface area contributed by atoms with Gasteiger partial charge < -0.3 is 15.0 Å². The summed E-state index contributed by atoms with van der Waals surface area (Å²) in [6.07, 6.45) is 1.94. The lowest BCUT2D eigenvalue weighted by molar-refractivity contribution is 0.0652. The fraction of sp³-hybridized carbons (Fsp3) is 0.533. The number of nitrogens with zero attached hydrogens (tertiary/aromatic N) is 4. The van der Waals surface area contributed by atoms with E-state index in [4.69, 9.17) is 4.74 Å². The number of pyridine rings is 1. The first-order valence-electron chi connectivity index (χ1n) is 7.33. The molecule has 6 nitrogen and oxygen atoms in total. The lowest BCUT2D eigenvalue weighted by atomic mass is 10.2. The number of rotatable bonds is 4. The quantitative estimate of drug-likeness (QED) is 0.918. The molecule has 1 N–H and O–H groups in total. The summed E-state index contributed by atoms with van der Waals surface area (Å²) in [7, 11) is 2.11. The van der Waals surface area contributed by atoms with Crippen LogP contribution in [-0.2, 0) is 4.74 Å². The van der Waals surface area contributed by atoms with Crippen molar-refractivity contribution in [3.63, 3.8) is 0 Å². The molecule has 0 unspecified atom stereocenters. The molecule has 0 saturated carbocycles. The molecule has 21 heavy (non-hydrogen) atoms. The molecule has 1 aliphatic heterocycles. The number of aryl methyl sites for hydroxylation is 1. The van der Waals surface area contributed by atoms with E-state index in [0.717, 1.165) is 42.4 Å². The fourth-order valence-corrected chi connectivity index (χ4v) is 2.84. The molecule has 3 heterocycles. The number of ether oxygens (including phenoxy) is 1. The highest BCUT2D eigenvalue weighted by Gasteiger charge is 2.31. The number of hydrogen-bond acceptors (Lipinski definition) is 6. The van der Waals surface area contributed by atoms with Gasteiger partial charge in [0.15, 0.2) is 5.65 Å². The molecule has 3 rings (SSSR count). The highest BCUT2D eigenvalue weighted by molar-refractivity contribution is 5.86. The number of hydrogen-bond donors (Lipinski definition) is 1. The van der Waals surface area contributed by atoms with Gasteiger partial charge in [0.25, 0.3) is 0 Å². The number of fused-ring (bicyclic) bond motifs is 1. The number of nitrogens with one attached hydrogen (secondary N) is 1. The van der Waals surface area contributed by atoms with Crippen molar-refractivity contribution in [2.75, 3.05) is 32.1 Å². The summed E-state index contributed by atoms with van der Waals surface area (Å²) >= 11 is 0. The Morgan fingerprint density at radius 2 is 2.24 bits per heavy atom. The second kappa shape index (κ2) is 5.91. The van der Waals surface area contributed by atoms with E-state index in [1.165, 1.54) is 0 Å². The van der Waals surface area contributed by atoms with Crippen molar-refractivity contribution in [2.45, 2.75) is 26.0 Å². The fourth-order valence-electron chi connectivity index (χ4n) is 2.84. The van der Waals surface area contributed by atoms with Crippen molar-refractivity contribution < 1.29 is 4.74 Å². The first-order chi connectivity index (χ1) is 10.2. The Labute approximate surface area is 124 Å². The smallest absolute Gasteiger partial charge is 0.164 e. The molecule has 0 aromatic carbocycles. The van der Waals surface area contributed by atoms with Crippen LogP contribution in [0, 0.1) is 6.92 Å². The molecule has 112 valence electrons. The van der Waals surface area contributed by atoms with Gasteiger partial charge in [0.1, 0.15) is 11.6 Å². The molecule has 2 aromatic rings. The molecule has 6 heteroatoms. The van der Waals surface area contributed by atoms with Gasteiger partial charge in [0.05, 0.1) is 17.5 Å². The molecule has 0 aliphatic carbocycles. The van der Waals surface area contributed by atoms with E-state index < -0.39 is 0 Å². The summed E-state index contributed by atoms with van der Waals surface area (Å²) in [5.41, 5.74) is 0.729. The summed E-state index contributed by atoms with van der Waals surface area (Å²) in [5.74, 6) is 1.57. The number of anilines is 1. The Hall–Kier alpha value is -1.79. The minimum absolute atomic E-state index is 0.182. The Kier molecular flexibility index (Phi) is 3.98. The van der Waals surface area contributed by atoms with Crippen LogP contribution in [0.4, 0.5) is 5.82 Å². The van der Waals surface area contributed by atoms with Gasteiger partial charge in [-0.05, 0) is 33.0 Å². The Morgan fingerprint density at radius 1 is 1.38 bits per heavy atom. The van der Waals surface area contributed by atoms with Crippen LogP contribution in [0.25, 0.3) is 11.0 Å². The van der Waals surface area contributed by atoms with Crippen LogP contribution in [0.5, 0.6) is 0 Å². The van der Waals surface area contributed by atoms with Crippen molar-refractivity contribution in [1.82, 2.24) is 19.9 Å². The van der Waals surface area contributed by atoms with Crippen LogP contribution < -0.4 is 5.32 Å². The third-order valence-corrected chi connectivity index (χ3v) is 3.73. The molecule has 2 atom stereocenters. The van der Waals surface area contributed by atoms with Gasteiger partial charge >= 0.3 is 0 Å². The summed E-state index contributed by atoms with van der Waals surface area (Å²) in [6, 6.07) is 4.14. The van der Waals surface area contributed by atoms with Crippen molar-refractivity contribution in [1.29, 1.82) is 0 Å². The minimum atomic E-state index is 0.182. The van der Waals surface area contributed by atoms with Crippen molar-refractivity contribution in [2.24, 2.45) is 0 Å². The molecule has 0 amide bonds. The maximum absolute atomic E-state index is 5.84. The molecule has 1 fully saturated rings. The third kappa shape index (κ3) is 2.96. The summed E-state index contributed by atoms with van der Waals surface area (Å²) in [6.45, 7) is 6.52. The zero-order valence-corrected chi connectivity index (χ0v) is 12.7. The van der Waals surface area contributed by atoms with E-state index in [-0.39, 0.29) is 12.1 Å². The first kappa shape index (κ1) is 14.2. The van der Waals surface area contributed by atoms with Crippen molar-refractivity contribution in [3.05, 3.63) is 24.2 Å². The van der Waals surface area contributed by atoms with Gasteiger partial charge in [0.2, 0.25) is 0 Å². The minimum Gasteiger partial charge on any atom is -0.375 e. The normalized spacial score (nSPS) is 22.8. The second-order valence-electron chi connectivity index (χ2n) is 5.46. The van der Waals surface area contributed by atoms with Crippen LogP contribution in [0.1, 0.15) is 12.7 Å². The van der Waals surface area contributed by atoms with E-state index in [1.807, 2.05) is 26.0 Å². The van der Waals surface area contributed by atoms with E-state index in [0.29, 0.717) is 0 Å². The topological polar surface area (TPSA) is 63.2 Å². The molecule has 1 saturated heterocycles. The zero-order chi connectivity index (χ0) is 14.8. The third-order valence-electron chi connectivity index (χ3n) is 3.73. The van der Waals surface area contributed by atoms with Gasteiger partial charge in [-0.25, -0.2) is 15.0 Å². The Balaban J connectivity index is 1.90. The first-order valence-corrected chi connectivity index (χ1v) is 7.33. The highest BCUT2D eigenvalue weighted by atomic mass is 16.5. The molecule has 2 aromatic heterocycles. The highest BCUT2D eigenvalue weighted by Crippen LogP contribution is 2.22. The molecular weight excluding hydrogens is 266 g/mol. The molecular formula is C15H21N5O. The van der Waals surface area contributed by atoms with Gasteiger partial charge in [0, 0.05) is 25.9 Å². The van der Waals surface area contributed by atoms with Crippen LogP contribution >= 0.6 is 0 Å². The largest absolute Gasteiger partial charge is 0.375 e. The SMILES string of the molecule is CCO[C@H]1CN(C)C[C@@H]1Nc1nc(C)nc2ncccc12. The molecule has 0 spiro atoms. The Morgan fingerprint density at radius 3 is 3.05 bits per heavy atom. The maximum atomic E-state index is 5.84. The molecule has 0 radical (unpaired) electrons. The van der Waals surface area contributed by atoms with Gasteiger partial charge in [-0.15, -0.1) is 0 Å². The van der Waals surface area contributed by atoms with E-state index in [9.17, 15) is 0 Å². The molecule has 0 bridgehead atoms. The zero-order valence-electron chi connectivity index (χ0n) is 12.7. The van der Waals surface area contributed by atoms with Crippen LogP contribution in [-0.4, -0.2) is 58.7 Å². The summed E-state index contributed by atoms with van der Waals surface area (Å²) in [4.78, 5) is 15.5. The second-order valence-corrected chi connectivity index (χ2v) is 5.46. The summed E-state index contributed by atoms with van der Waals surface area (Å²) in [5, 5.41) is 4.48. The van der Waals surface area contributed by atoms with Crippen molar-refractivity contribution >= 4 is 16.9 Å². The van der Waals surface area contributed by atoms with Crippen LogP contribution in [0.15, 0.2) is 18.3 Å². The molecule has 1 aliphatic rings. The predicted molar refractivity (Wildman–Crippen MR) is 82.4 cm³/mol. The number of aromatic nitrogens is 3. The van der Waals surface area contributed by atoms with E-state index in [2.05, 4.69) is 32.2 Å². The number of likely N-dealkylation sites (tertiary alicyclic amines) is 1. The van der Waals surface area contributed by atoms with Gasteiger partial charge in [-0.3, -0.25) is 0 Å². The average Bonchev–Trinajstić information content (AvgIpc) is 2.79. The van der Waals surface area contributed by atoms with Crippen molar-refractivity contribution in [3.8, 4) is 0 Å². The average molecular weight is 287 g/mol. The van der Waals surface area contributed by atoms with Gasteiger partial charge in [-0.2, -0.15) is 0 Å². The van der Waals surface area contributed by atoms with E-state index >= 15 is 0 Å². The Bertz CT molecular complexity index is 632. The van der Waals surface area contributed by atoms with Crippen LogP contribution in [0.2, 0.25) is 0 Å². The van der Waals surface area contributed by atoms with E-state index in [1.54, 1.807) is 6.20 Å². The standard InChI is InChI=1S/C15H21N5O/c1-4-21-13-9-20(3)8-12(13)19-15-11-6-5-7-16-14(11)17-10(2)18-15/h5-7,12-13H,4,8-9H2,1-3H3,(H,16,17,18,19)/t12-,13-/m0/s1. The van der Waals surface area contributed by atoms with Gasteiger partial charge in [-0.1, -0.05) is 0 Å².